The third-order valence-corrected chi connectivity index (χ3v) is 2.16. The van der Waals surface area contributed by atoms with Gasteiger partial charge in [0.15, 0.2) is 0 Å². The largest absolute Gasteiger partial charge is 0.339 e. The normalized spacial score (nSPS) is 26.9. The number of amides is 1. The molecule has 14 heavy (non-hydrogen) atoms. The first-order valence-corrected chi connectivity index (χ1v) is 4.41. The first-order chi connectivity index (χ1) is 6.50. The Hall–Kier alpha value is -0.780. The smallest absolute Gasteiger partial charge is 0.255 e. The van der Waals surface area contributed by atoms with E-state index < -0.39 is 31.1 Å². The molecule has 1 saturated heterocycles. The summed E-state index contributed by atoms with van der Waals surface area (Å²) < 4.78 is 36.5. The van der Waals surface area contributed by atoms with Crippen molar-refractivity contribution in [2.75, 3.05) is 20.1 Å². The molecule has 1 rings (SSSR count). The van der Waals surface area contributed by atoms with Crippen molar-refractivity contribution >= 4 is 5.91 Å². The predicted octanol–water partition coefficient (Wildman–Crippen LogP) is 0.410. The lowest BCUT2D eigenvalue weighted by Gasteiger charge is -2.20. The molecule has 2 atom stereocenters. The lowest BCUT2D eigenvalue weighted by molar-refractivity contribution is -0.133. The molecule has 0 radical (unpaired) electrons. The third-order valence-electron chi connectivity index (χ3n) is 2.16. The van der Waals surface area contributed by atoms with Gasteiger partial charge in [-0.05, 0) is 0 Å². The molecule has 1 fully saturated rings. The quantitative estimate of drug-likeness (QED) is 0.731. The number of nitrogens with one attached hydrogen (secondary N) is 1. The lowest BCUT2D eigenvalue weighted by Crippen LogP contribution is -2.43. The number of halogens is 3. The minimum Gasteiger partial charge on any atom is -0.339 e. The number of carbonyl (C=O) groups is 1. The fourth-order valence-electron chi connectivity index (χ4n) is 1.44. The van der Waals surface area contributed by atoms with Crippen molar-refractivity contribution in [3.05, 3.63) is 0 Å². The number of nitrogens with zero attached hydrogens (tertiary/aromatic N) is 1. The van der Waals surface area contributed by atoms with E-state index in [9.17, 15) is 18.0 Å². The van der Waals surface area contributed by atoms with E-state index in [1.165, 1.54) is 7.05 Å². The Labute approximate surface area is 80.3 Å². The predicted molar refractivity (Wildman–Crippen MR) is 44.9 cm³/mol. The van der Waals surface area contributed by atoms with Crippen molar-refractivity contribution in [2.45, 2.75) is 25.1 Å². The topological polar surface area (TPSA) is 32.3 Å². The molecule has 0 aromatic carbocycles. The summed E-state index contributed by atoms with van der Waals surface area (Å²) in [6.07, 6.45) is -3.53. The van der Waals surface area contributed by atoms with Gasteiger partial charge in [-0.15, -0.1) is 0 Å². The number of hydrogen-bond donors (Lipinski definition) is 1. The van der Waals surface area contributed by atoms with Crippen molar-refractivity contribution in [3.63, 3.8) is 0 Å². The molecule has 1 amide bonds. The fraction of sp³-hybridized carbons (Fsp3) is 0.875. The van der Waals surface area contributed by atoms with Gasteiger partial charge >= 0.3 is 0 Å². The van der Waals surface area contributed by atoms with Crippen LogP contribution in [0.2, 0.25) is 0 Å². The van der Waals surface area contributed by atoms with E-state index in [1.54, 1.807) is 0 Å². The lowest BCUT2D eigenvalue weighted by atomic mass is 10.2. The zero-order valence-corrected chi connectivity index (χ0v) is 7.84. The van der Waals surface area contributed by atoms with Crippen molar-refractivity contribution in [1.29, 1.82) is 0 Å². The van der Waals surface area contributed by atoms with Crippen LogP contribution in [0.1, 0.15) is 6.42 Å². The summed E-state index contributed by atoms with van der Waals surface area (Å²) in [5.74, 6) is -0.467. The van der Waals surface area contributed by atoms with Gasteiger partial charge in [-0.1, -0.05) is 0 Å². The van der Waals surface area contributed by atoms with Gasteiger partial charge < -0.3 is 10.2 Å². The SMILES string of the molecule is CN(CC(F)F)C(=O)[C@H]1C[C@H](F)CN1. The molecule has 0 unspecified atom stereocenters. The molecular formula is C8H13F3N2O. The van der Waals surface area contributed by atoms with Crippen LogP contribution in [0.25, 0.3) is 0 Å². The van der Waals surface area contributed by atoms with Crippen LogP contribution in [-0.2, 0) is 4.79 Å². The second-order valence-corrected chi connectivity index (χ2v) is 3.40. The molecule has 1 heterocycles. The molecule has 6 heteroatoms. The maximum Gasteiger partial charge on any atom is 0.255 e. The van der Waals surface area contributed by atoms with Gasteiger partial charge in [0, 0.05) is 20.0 Å². The van der Waals surface area contributed by atoms with E-state index in [0.29, 0.717) is 0 Å². The first kappa shape index (κ1) is 11.3. The molecule has 0 aromatic rings. The van der Waals surface area contributed by atoms with Gasteiger partial charge in [0.25, 0.3) is 6.43 Å². The van der Waals surface area contributed by atoms with Crippen molar-refractivity contribution in [3.8, 4) is 0 Å². The molecular weight excluding hydrogens is 197 g/mol. The van der Waals surface area contributed by atoms with Crippen molar-refractivity contribution < 1.29 is 18.0 Å². The average molecular weight is 210 g/mol. The Bertz CT molecular complexity index is 213. The van der Waals surface area contributed by atoms with Crippen molar-refractivity contribution in [2.24, 2.45) is 0 Å². The molecule has 0 saturated carbocycles. The number of alkyl halides is 3. The molecule has 3 nitrogen and oxygen atoms in total. The number of carbonyl (C=O) groups excluding carboxylic acids is 1. The highest BCUT2D eigenvalue weighted by Gasteiger charge is 2.31. The number of hydrogen-bond acceptors (Lipinski definition) is 2. The summed E-state index contributed by atoms with van der Waals surface area (Å²) in [5, 5.41) is 2.65. The van der Waals surface area contributed by atoms with E-state index in [4.69, 9.17) is 0 Å². The van der Waals surface area contributed by atoms with Crippen LogP contribution in [-0.4, -0.2) is 49.6 Å². The number of rotatable bonds is 3. The molecule has 1 aliphatic heterocycles. The highest BCUT2D eigenvalue weighted by Crippen LogP contribution is 2.12. The van der Waals surface area contributed by atoms with Crippen LogP contribution in [0.4, 0.5) is 13.2 Å². The minimum absolute atomic E-state index is 0.0758. The second-order valence-electron chi connectivity index (χ2n) is 3.40. The zero-order chi connectivity index (χ0) is 10.7. The third kappa shape index (κ3) is 2.87. The highest BCUT2D eigenvalue weighted by atomic mass is 19.3. The van der Waals surface area contributed by atoms with Gasteiger partial charge in [-0.2, -0.15) is 0 Å². The molecule has 0 aliphatic carbocycles. The van der Waals surface area contributed by atoms with E-state index in [1.807, 2.05) is 0 Å². The summed E-state index contributed by atoms with van der Waals surface area (Å²) in [7, 11) is 1.29. The molecule has 0 spiro atoms. The van der Waals surface area contributed by atoms with Gasteiger partial charge in [0.05, 0.1) is 12.6 Å². The summed E-state index contributed by atoms with van der Waals surface area (Å²) in [6.45, 7) is -0.479. The van der Waals surface area contributed by atoms with Crippen LogP contribution in [0.15, 0.2) is 0 Å². The van der Waals surface area contributed by atoms with Crippen LogP contribution in [0.5, 0.6) is 0 Å². The van der Waals surface area contributed by atoms with Gasteiger partial charge in [-0.3, -0.25) is 4.79 Å². The molecule has 0 bridgehead atoms. The Morgan fingerprint density at radius 1 is 1.64 bits per heavy atom. The Morgan fingerprint density at radius 3 is 2.71 bits per heavy atom. The summed E-state index contributed by atoms with van der Waals surface area (Å²) >= 11 is 0. The zero-order valence-electron chi connectivity index (χ0n) is 7.84. The Balaban J connectivity index is 2.40. The van der Waals surface area contributed by atoms with Gasteiger partial charge in [-0.25, -0.2) is 13.2 Å². The highest BCUT2D eigenvalue weighted by molar-refractivity contribution is 5.82. The monoisotopic (exact) mass is 210 g/mol. The maximum absolute atomic E-state index is 12.7. The molecule has 82 valence electrons. The Kier molecular flexibility index (Phi) is 3.74. The molecule has 1 N–H and O–H groups in total. The summed E-state index contributed by atoms with van der Waals surface area (Å²) in [4.78, 5) is 12.3. The van der Waals surface area contributed by atoms with E-state index in [-0.39, 0.29) is 13.0 Å². The first-order valence-electron chi connectivity index (χ1n) is 4.41. The Morgan fingerprint density at radius 2 is 2.29 bits per heavy atom. The second kappa shape index (κ2) is 4.63. The average Bonchev–Trinajstić information content (AvgIpc) is 2.49. The standard InChI is InChI=1S/C8H13F3N2O/c1-13(4-7(10)11)8(14)6-2-5(9)3-12-6/h5-7,12H,2-4H2,1H3/t5-,6+/m0/s1. The van der Waals surface area contributed by atoms with E-state index in [0.717, 1.165) is 4.90 Å². The van der Waals surface area contributed by atoms with E-state index >= 15 is 0 Å². The fourth-order valence-corrected chi connectivity index (χ4v) is 1.44. The van der Waals surface area contributed by atoms with Crippen LogP contribution < -0.4 is 5.32 Å². The summed E-state index contributed by atoms with van der Waals surface area (Å²) in [6, 6.07) is -0.645. The molecule has 1 aliphatic rings. The maximum atomic E-state index is 12.7. The number of likely N-dealkylation sites (N-methyl/N-ethyl adjacent to an activating group) is 1. The minimum atomic E-state index is -2.55. The van der Waals surface area contributed by atoms with E-state index in [2.05, 4.69) is 5.32 Å². The summed E-state index contributed by atoms with van der Waals surface area (Å²) in [5.41, 5.74) is 0. The van der Waals surface area contributed by atoms with Gasteiger partial charge in [0.2, 0.25) is 5.91 Å². The van der Waals surface area contributed by atoms with Crippen LogP contribution in [0, 0.1) is 0 Å². The van der Waals surface area contributed by atoms with Crippen LogP contribution >= 0.6 is 0 Å². The molecule has 0 aromatic heterocycles. The van der Waals surface area contributed by atoms with Crippen molar-refractivity contribution in [1.82, 2.24) is 10.2 Å². The van der Waals surface area contributed by atoms with Gasteiger partial charge in [0.1, 0.15) is 6.17 Å². The van der Waals surface area contributed by atoms with Crippen LogP contribution in [0.3, 0.4) is 0 Å².